The lowest BCUT2D eigenvalue weighted by atomic mass is 10.1. The lowest BCUT2D eigenvalue weighted by Crippen LogP contribution is -2.17. The average Bonchev–Trinajstić information content (AvgIpc) is 2.78. The number of fused-ring (bicyclic) bond motifs is 1. The van der Waals surface area contributed by atoms with Gasteiger partial charge in [0.2, 0.25) is 0 Å². The number of halogens is 3. The summed E-state index contributed by atoms with van der Waals surface area (Å²) in [5, 5.41) is 0.139. The Kier molecular flexibility index (Phi) is 3.92. The van der Waals surface area contributed by atoms with E-state index >= 15 is 0 Å². The van der Waals surface area contributed by atoms with Gasteiger partial charge in [-0.15, -0.1) is 11.6 Å². The first-order chi connectivity index (χ1) is 9.20. The molecule has 0 N–H and O–H groups in total. The molecule has 0 amide bonds. The molecule has 1 aromatic carbocycles. The Bertz CT molecular complexity index is 608. The van der Waals surface area contributed by atoms with Crippen LogP contribution in [0.2, 0.25) is 5.02 Å². The third-order valence-electron chi connectivity index (χ3n) is 3.48. The third-order valence-corrected chi connectivity index (χ3v) is 5.06. The minimum absolute atomic E-state index is 0.139. The van der Waals surface area contributed by atoms with Crippen molar-refractivity contribution in [3.05, 3.63) is 28.8 Å². The Morgan fingerprint density at radius 1 is 1.37 bits per heavy atom. The summed E-state index contributed by atoms with van der Waals surface area (Å²) in [5.74, 6) is 2.98. The molecule has 3 rings (SSSR count). The van der Waals surface area contributed by atoms with E-state index in [0.717, 1.165) is 35.7 Å². The van der Waals surface area contributed by atoms with E-state index in [9.17, 15) is 4.39 Å². The van der Waals surface area contributed by atoms with Gasteiger partial charge in [0, 0.05) is 12.1 Å². The van der Waals surface area contributed by atoms with Crippen LogP contribution in [0.3, 0.4) is 0 Å². The lowest BCUT2D eigenvalue weighted by molar-refractivity contribution is 0.470. The fourth-order valence-electron chi connectivity index (χ4n) is 2.59. The Hall–Kier alpha value is -0.450. The van der Waals surface area contributed by atoms with Crippen LogP contribution in [0.5, 0.6) is 0 Å². The predicted octanol–water partition coefficient (Wildman–Crippen LogP) is 4.64. The average molecular weight is 319 g/mol. The summed E-state index contributed by atoms with van der Waals surface area (Å²) >= 11 is 13.9. The molecule has 102 valence electrons. The van der Waals surface area contributed by atoms with Gasteiger partial charge in [-0.1, -0.05) is 11.6 Å². The van der Waals surface area contributed by atoms with E-state index in [1.54, 1.807) is 6.07 Å². The number of hydrogen-bond acceptors (Lipinski definition) is 2. The highest BCUT2D eigenvalue weighted by Gasteiger charge is 2.22. The van der Waals surface area contributed by atoms with E-state index in [1.165, 1.54) is 6.07 Å². The van der Waals surface area contributed by atoms with Crippen molar-refractivity contribution in [1.29, 1.82) is 0 Å². The Morgan fingerprint density at radius 3 is 2.79 bits per heavy atom. The number of benzene rings is 1. The van der Waals surface area contributed by atoms with Crippen LogP contribution < -0.4 is 0 Å². The first kappa shape index (κ1) is 13.5. The molecular formula is C13H13Cl2FN2S. The molecule has 1 aliphatic heterocycles. The summed E-state index contributed by atoms with van der Waals surface area (Å²) in [6, 6.07) is 3.44. The zero-order chi connectivity index (χ0) is 13.4. The molecular weight excluding hydrogens is 306 g/mol. The van der Waals surface area contributed by atoms with E-state index in [2.05, 4.69) is 9.55 Å². The standard InChI is InChI=1S/C13H13Cl2FN2S/c14-7-13-17-11-6-10(16)9(15)5-12(11)18(13)8-1-3-19-4-2-8/h5-6,8H,1-4,7H2. The second-order valence-electron chi connectivity index (χ2n) is 4.63. The second kappa shape index (κ2) is 5.51. The van der Waals surface area contributed by atoms with Gasteiger partial charge in [-0.2, -0.15) is 11.8 Å². The molecule has 2 heterocycles. The summed E-state index contributed by atoms with van der Waals surface area (Å²) in [6.45, 7) is 0. The first-order valence-electron chi connectivity index (χ1n) is 6.20. The summed E-state index contributed by atoms with van der Waals surface area (Å²) in [7, 11) is 0. The summed E-state index contributed by atoms with van der Waals surface area (Å²) < 4.78 is 15.7. The van der Waals surface area contributed by atoms with Crippen molar-refractivity contribution >= 4 is 46.0 Å². The maximum absolute atomic E-state index is 13.5. The number of hydrogen-bond donors (Lipinski definition) is 0. The topological polar surface area (TPSA) is 17.8 Å². The van der Waals surface area contributed by atoms with Gasteiger partial charge in [0.1, 0.15) is 11.6 Å². The molecule has 1 fully saturated rings. The van der Waals surface area contributed by atoms with Gasteiger partial charge >= 0.3 is 0 Å². The van der Waals surface area contributed by atoms with E-state index in [4.69, 9.17) is 23.2 Å². The summed E-state index contributed by atoms with van der Waals surface area (Å²) in [4.78, 5) is 4.43. The van der Waals surface area contributed by atoms with E-state index in [0.29, 0.717) is 17.4 Å². The third kappa shape index (κ3) is 2.46. The van der Waals surface area contributed by atoms with Crippen molar-refractivity contribution in [3.63, 3.8) is 0 Å². The van der Waals surface area contributed by atoms with Crippen molar-refractivity contribution in [1.82, 2.24) is 9.55 Å². The van der Waals surface area contributed by atoms with Crippen molar-refractivity contribution in [2.45, 2.75) is 24.8 Å². The molecule has 19 heavy (non-hydrogen) atoms. The Balaban J connectivity index is 2.16. The van der Waals surface area contributed by atoms with Gasteiger partial charge in [0.15, 0.2) is 0 Å². The van der Waals surface area contributed by atoms with Crippen LogP contribution in [0.25, 0.3) is 11.0 Å². The minimum Gasteiger partial charge on any atom is -0.324 e. The molecule has 2 aromatic rings. The number of rotatable bonds is 2. The van der Waals surface area contributed by atoms with Crippen LogP contribution >= 0.6 is 35.0 Å². The number of alkyl halides is 1. The predicted molar refractivity (Wildman–Crippen MR) is 79.9 cm³/mol. The maximum Gasteiger partial charge on any atom is 0.144 e. The van der Waals surface area contributed by atoms with Crippen molar-refractivity contribution < 1.29 is 4.39 Å². The number of aromatic nitrogens is 2. The number of nitrogens with zero attached hydrogens (tertiary/aromatic N) is 2. The highest BCUT2D eigenvalue weighted by Crippen LogP contribution is 2.33. The highest BCUT2D eigenvalue weighted by molar-refractivity contribution is 7.99. The van der Waals surface area contributed by atoms with E-state index in [1.807, 2.05) is 11.8 Å². The van der Waals surface area contributed by atoms with Crippen LogP contribution in [0.15, 0.2) is 12.1 Å². The maximum atomic E-state index is 13.5. The molecule has 0 atom stereocenters. The quantitative estimate of drug-likeness (QED) is 0.751. The number of thioether (sulfide) groups is 1. The van der Waals surface area contributed by atoms with Crippen LogP contribution in [0.1, 0.15) is 24.7 Å². The van der Waals surface area contributed by atoms with Crippen LogP contribution in [-0.2, 0) is 5.88 Å². The SMILES string of the molecule is Fc1cc2nc(CCl)n(C3CCSCC3)c2cc1Cl. The lowest BCUT2D eigenvalue weighted by Gasteiger charge is -2.25. The van der Waals surface area contributed by atoms with Crippen LogP contribution in [0, 0.1) is 5.82 Å². The molecule has 2 nitrogen and oxygen atoms in total. The van der Waals surface area contributed by atoms with Crippen molar-refractivity contribution in [3.8, 4) is 0 Å². The second-order valence-corrected chi connectivity index (χ2v) is 6.53. The smallest absolute Gasteiger partial charge is 0.144 e. The summed E-state index contributed by atoms with van der Waals surface area (Å²) in [5.41, 5.74) is 1.52. The molecule has 0 saturated carbocycles. The molecule has 0 spiro atoms. The molecule has 1 aliphatic rings. The van der Waals surface area contributed by atoms with Gasteiger partial charge in [-0.3, -0.25) is 0 Å². The van der Waals surface area contributed by atoms with E-state index in [-0.39, 0.29) is 5.02 Å². The van der Waals surface area contributed by atoms with Gasteiger partial charge in [0.25, 0.3) is 0 Å². The van der Waals surface area contributed by atoms with Gasteiger partial charge in [0.05, 0.1) is 21.9 Å². The Morgan fingerprint density at radius 2 is 2.11 bits per heavy atom. The molecule has 0 bridgehead atoms. The molecule has 0 aliphatic carbocycles. The fraction of sp³-hybridized carbons (Fsp3) is 0.462. The molecule has 1 aromatic heterocycles. The first-order valence-corrected chi connectivity index (χ1v) is 8.27. The largest absolute Gasteiger partial charge is 0.324 e. The van der Waals surface area contributed by atoms with Crippen LogP contribution in [-0.4, -0.2) is 21.1 Å². The molecule has 0 unspecified atom stereocenters. The molecule has 1 saturated heterocycles. The monoisotopic (exact) mass is 318 g/mol. The van der Waals surface area contributed by atoms with Gasteiger partial charge in [-0.05, 0) is 30.4 Å². The minimum atomic E-state index is -0.431. The van der Waals surface area contributed by atoms with Crippen molar-refractivity contribution in [2.24, 2.45) is 0 Å². The summed E-state index contributed by atoms with van der Waals surface area (Å²) in [6.07, 6.45) is 2.18. The molecule has 6 heteroatoms. The zero-order valence-corrected chi connectivity index (χ0v) is 12.5. The normalized spacial score (nSPS) is 17.2. The van der Waals surface area contributed by atoms with Gasteiger partial charge < -0.3 is 4.57 Å². The Labute approximate surface area is 125 Å². The van der Waals surface area contributed by atoms with Crippen molar-refractivity contribution in [2.75, 3.05) is 11.5 Å². The zero-order valence-electron chi connectivity index (χ0n) is 10.2. The number of imidazole rings is 1. The fourth-order valence-corrected chi connectivity index (χ4v) is 4.01. The van der Waals surface area contributed by atoms with Crippen LogP contribution in [0.4, 0.5) is 4.39 Å². The van der Waals surface area contributed by atoms with Gasteiger partial charge in [-0.25, -0.2) is 9.37 Å². The van der Waals surface area contributed by atoms with E-state index < -0.39 is 5.82 Å². The molecule has 0 radical (unpaired) electrons. The highest BCUT2D eigenvalue weighted by atomic mass is 35.5.